The van der Waals surface area contributed by atoms with Crippen LogP contribution in [-0.4, -0.2) is 12.5 Å². The number of hydrogen-bond acceptors (Lipinski definition) is 2. The van der Waals surface area contributed by atoms with Gasteiger partial charge < -0.3 is 10.2 Å². The topological polar surface area (TPSA) is 32.3 Å². The summed E-state index contributed by atoms with van der Waals surface area (Å²) < 4.78 is 0. The molecule has 0 spiro atoms. The molecule has 2 aromatic rings. The Morgan fingerprint density at radius 3 is 2.21 bits per heavy atom. The summed E-state index contributed by atoms with van der Waals surface area (Å²) in [6.45, 7) is 12.6. The maximum atomic E-state index is 12.6. The Hall–Kier alpha value is -2.29. The fourth-order valence-corrected chi connectivity index (χ4v) is 4.03. The Labute approximate surface area is 170 Å². The van der Waals surface area contributed by atoms with Crippen LogP contribution < -0.4 is 10.2 Å². The third-order valence-corrected chi connectivity index (χ3v) is 5.50. The smallest absolute Gasteiger partial charge is 0.224 e. The maximum absolute atomic E-state index is 12.6. The van der Waals surface area contributed by atoms with Crippen LogP contribution in [0.5, 0.6) is 0 Å². The summed E-state index contributed by atoms with van der Waals surface area (Å²) in [6, 6.07) is 13.3. The van der Waals surface area contributed by atoms with Crippen LogP contribution in [0.2, 0.25) is 0 Å². The number of anilines is 2. The Morgan fingerprint density at radius 1 is 1.04 bits per heavy atom. The number of nitrogens with one attached hydrogen (secondary N) is 1. The van der Waals surface area contributed by atoms with Crippen molar-refractivity contribution in [3.63, 3.8) is 0 Å². The first-order chi connectivity index (χ1) is 13.3. The van der Waals surface area contributed by atoms with Crippen molar-refractivity contribution in [3.8, 4) is 0 Å². The van der Waals surface area contributed by atoms with Gasteiger partial charge in [0.2, 0.25) is 5.91 Å². The lowest BCUT2D eigenvalue weighted by Crippen LogP contribution is -2.30. The SMILES string of the molecule is CCc1cc(N2CCc3ccccc3C2)cc(CC)c1NC(=O)CC(C)(C)C. The minimum atomic E-state index is -0.00995. The lowest BCUT2D eigenvalue weighted by atomic mass is 9.91. The molecule has 0 bridgehead atoms. The van der Waals surface area contributed by atoms with Crippen molar-refractivity contribution in [3.05, 3.63) is 58.7 Å². The van der Waals surface area contributed by atoms with Crippen molar-refractivity contribution in [2.24, 2.45) is 5.41 Å². The van der Waals surface area contributed by atoms with Gasteiger partial charge in [0, 0.05) is 30.9 Å². The van der Waals surface area contributed by atoms with E-state index < -0.39 is 0 Å². The largest absolute Gasteiger partial charge is 0.367 e. The minimum Gasteiger partial charge on any atom is -0.367 e. The Bertz CT molecular complexity index is 823. The summed E-state index contributed by atoms with van der Waals surface area (Å²) in [5.74, 6) is 0.108. The Kier molecular flexibility index (Phi) is 6.12. The molecular formula is C25H34N2O. The second-order valence-electron chi connectivity index (χ2n) is 9.07. The van der Waals surface area contributed by atoms with Crippen molar-refractivity contribution in [2.45, 2.75) is 66.8 Å². The molecule has 150 valence electrons. The summed E-state index contributed by atoms with van der Waals surface area (Å²) in [6.07, 6.45) is 3.44. The van der Waals surface area contributed by atoms with E-state index in [4.69, 9.17) is 0 Å². The number of hydrogen-bond donors (Lipinski definition) is 1. The van der Waals surface area contributed by atoms with E-state index in [9.17, 15) is 4.79 Å². The normalized spacial score (nSPS) is 14.0. The van der Waals surface area contributed by atoms with E-state index in [-0.39, 0.29) is 11.3 Å². The zero-order chi connectivity index (χ0) is 20.3. The van der Waals surface area contributed by atoms with Crippen LogP contribution in [0.3, 0.4) is 0 Å². The van der Waals surface area contributed by atoms with Gasteiger partial charge in [-0.3, -0.25) is 4.79 Å². The van der Waals surface area contributed by atoms with Gasteiger partial charge >= 0.3 is 0 Å². The molecule has 0 unspecified atom stereocenters. The maximum Gasteiger partial charge on any atom is 0.224 e. The number of nitrogens with zero attached hydrogens (tertiary/aromatic N) is 1. The second kappa shape index (κ2) is 8.38. The molecule has 0 radical (unpaired) electrons. The van der Waals surface area contributed by atoms with E-state index in [0.717, 1.165) is 38.0 Å². The van der Waals surface area contributed by atoms with Crippen molar-refractivity contribution >= 4 is 17.3 Å². The van der Waals surface area contributed by atoms with E-state index in [1.807, 2.05) is 0 Å². The molecule has 1 amide bonds. The predicted molar refractivity (Wildman–Crippen MR) is 119 cm³/mol. The van der Waals surface area contributed by atoms with Gasteiger partial charge in [-0.15, -0.1) is 0 Å². The highest BCUT2D eigenvalue weighted by molar-refractivity contribution is 5.93. The molecule has 3 nitrogen and oxygen atoms in total. The molecule has 3 heteroatoms. The van der Waals surface area contributed by atoms with Crippen molar-refractivity contribution in [2.75, 3.05) is 16.8 Å². The lowest BCUT2D eigenvalue weighted by molar-refractivity contribution is -0.117. The summed E-state index contributed by atoms with van der Waals surface area (Å²) >= 11 is 0. The van der Waals surface area contributed by atoms with Gasteiger partial charge in [-0.1, -0.05) is 58.9 Å². The molecule has 0 fully saturated rings. The molecule has 1 aliphatic rings. The number of benzene rings is 2. The van der Waals surface area contributed by atoms with Gasteiger partial charge in [0.05, 0.1) is 0 Å². The van der Waals surface area contributed by atoms with Gasteiger partial charge in [-0.05, 0) is 59.1 Å². The number of carbonyl (C=O) groups is 1. The Balaban J connectivity index is 1.88. The van der Waals surface area contributed by atoms with E-state index >= 15 is 0 Å². The van der Waals surface area contributed by atoms with E-state index in [0.29, 0.717) is 6.42 Å². The first-order valence-electron chi connectivity index (χ1n) is 10.6. The van der Waals surface area contributed by atoms with Crippen molar-refractivity contribution in [1.29, 1.82) is 0 Å². The average Bonchev–Trinajstić information content (AvgIpc) is 2.66. The summed E-state index contributed by atoms with van der Waals surface area (Å²) in [7, 11) is 0. The third-order valence-electron chi connectivity index (χ3n) is 5.50. The fourth-order valence-electron chi connectivity index (χ4n) is 4.03. The molecule has 1 heterocycles. The fraction of sp³-hybridized carbons (Fsp3) is 0.480. The Morgan fingerprint density at radius 2 is 1.64 bits per heavy atom. The zero-order valence-electron chi connectivity index (χ0n) is 18.1. The van der Waals surface area contributed by atoms with Crippen LogP contribution in [0.15, 0.2) is 36.4 Å². The molecule has 2 aromatic carbocycles. The monoisotopic (exact) mass is 378 g/mol. The standard InChI is InChI=1S/C25H34N2O/c1-6-18-14-22(27-13-12-20-10-8-9-11-21(20)17-27)15-19(7-2)24(18)26-23(28)16-25(3,4)5/h8-11,14-15H,6-7,12-13,16-17H2,1-5H3,(H,26,28). The molecule has 1 aliphatic heterocycles. The molecule has 0 atom stereocenters. The first-order valence-corrected chi connectivity index (χ1v) is 10.6. The van der Waals surface area contributed by atoms with Crippen LogP contribution in [0.25, 0.3) is 0 Å². The van der Waals surface area contributed by atoms with Gasteiger partial charge in [-0.2, -0.15) is 0 Å². The van der Waals surface area contributed by atoms with Crippen LogP contribution in [-0.2, 0) is 30.6 Å². The number of aryl methyl sites for hydroxylation is 2. The van der Waals surface area contributed by atoms with E-state index in [1.165, 1.54) is 27.9 Å². The number of carbonyl (C=O) groups excluding carboxylic acids is 1. The van der Waals surface area contributed by atoms with E-state index in [1.54, 1.807) is 0 Å². The molecule has 0 aromatic heterocycles. The van der Waals surface area contributed by atoms with Crippen molar-refractivity contribution < 1.29 is 4.79 Å². The minimum absolute atomic E-state index is 0.00995. The van der Waals surface area contributed by atoms with Gasteiger partial charge in [-0.25, -0.2) is 0 Å². The molecule has 0 aliphatic carbocycles. The van der Waals surface area contributed by atoms with Gasteiger partial charge in [0.1, 0.15) is 0 Å². The molecule has 28 heavy (non-hydrogen) atoms. The second-order valence-corrected chi connectivity index (χ2v) is 9.07. The van der Waals surface area contributed by atoms with Crippen LogP contribution in [0.4, 0.5) is 11.4 Å². The van der Waals surface area contributed by atoms with Crippen LogP contribution >= 0.6 is 0 Å². The molecule has 0 saturated heterocycles. The number of fused-ring (bicyclic) bond motifs is 1. The molecular weight excluding hydrogens is 344 g/mol. The molecule has 0 saturated carbocycles. The first kappa shape index (κ1) is 20.4. The quantitative estimate of drug-likeness (QED) is 0.718. The number of rotatable bonds is 5. The molecule has 3 rings (SSSR count). The summed E-state index contributed by atoms with van der Waals surface area (Å²) in [5.41, 5.74) is 7.65. The molecule has 1 N–H and O–H groups in total. The highest BCUT2D eigenvalue weighted by Crippen LogP contribution is 2.32. The number of amides is 1. The highest BCUT2D eigenvalue weighted by Gasteiger charge is 2.21. The summed E-state index contributed by atoms with van der Waals surface area (Å²) in [4.78, 5) is 15.0. The van der Waals surface area contributed by atoms with Gasteiger partial charge in [0.25, 0.3) is 0 Å². The lowest BCUT2D eigenvalue weighted by Gasteiger charge is -2.32. The third kappa shape index (κ3) is 4.76. The van der Waals surface area contributed by atoms with Crippen molar-refractivity contribution in [1.82, 2.24) is 0 Å². The van der Waals surface area contributed by atoms with Crippen LogP contribution in [0.1, 0.15) is 63.3 Å². The van der Waals surface area contributed by atoms with E-state index in [2.05, 4.69) is 81.2 Å². The average molecular weight is 379 g/mol. The zero-order valence-corrected chi connectivity index (χ0v) is 18.1. The van der Waals surface area contributed by atoms with Gasteiger partial charge in [0.15, 0.2) is 0 Å². The summed E-state index contributed by atoms with van der Waals surface area (Å²) in [5, 5.41) is 3.23. The van der Waals surface area contributed by atoms with Crippen LogP contribution in [0, 0.1) is 5.41 Å². The highest BCUT2D eigenvalue weighted by atomic mass is 16.1. The predicted octanol–water partition coefficient (Wildman–Crippen LogP) is 5.75.